The highest BCUT2D eigenvalue weighted by molar-refractivity contribution is 5.94. The summed E-state index contributed by atoms with van der Waals surface area (Å²) in [5.41, 5.74) is 0.0839. The van der Waals surface area contributed by atoms with Crippen LogP contribution >= 0.6 is 0 Å². The zero-order chi connectivity index (χ0) is 13.1. The lowest BCUT2D eigenvalue weighted by Gasteiger charge is -2.31. The third kappa shape index (κ3) is 2.86. The maximum Gasteiger partial charge on any atom is 0.254 e. The normalized spacial score (nSPS) is 16.6. The van der Waals surface area contributed by atoms with Crippen molar-refractivity contribution in [2.24, 2.45) is 0 Å². The molecule has 1 aromatic carbocycles. The Kier molecular flexibility index (Phi) is 3.94. The summed E-state index contributed by atoms with van der Waals surface area (Å²) in [5, 5.41) is 0. The third-order valence-corrected chi connectivity index (χ3v) is 3.55. The topological polar surface area (TPSA) is 20.3 Å². The molecule has 0 aliphatic heterocycles. The molecule has 18 heavy (non-hydrogen) atoms. The monoisotopic (exact) mass is 253 g/mol. The minimum absolute atomic E-state index is 0.0839. The maximum absolute atomic E-state index is 13.1. The van der Waals surface area contributed by atoms with E-state index >= 15 is 0 Å². The number of hydrogen-bond donors (Lipinski definition) is 0. The second kappa shape index (κ2) is 5.46. The van der Waals surface area contributed by atoms with Crippen LogP contribution in [0.15, 0.2) is 18.2 Å². The van der Waals surface area contributed by atoms with Crippen molar-refractivity contribution in [3.63, 3.8) is 0 Å². The van der Waals surface area contributed by atoms with Gasteiger partial charge in [0.05, 0.1) is 0 Å². The van der Waals surface area contributed by atoms with Gasteiger partial charge in [-0.1, -0.05) is 19.3 Å². The summed E-state index contributed by atoms with van der Waals surface area (Å²) in [7, 11) is 1.71. The zero-order valence-electron chi connectivity index (χ0n) is 10.5. The molecule has 0 radical (unpaired) electrons. The van der Waals surface area contributed by atoms with E-state index in [0.717, 1.165) is 43.9 Å². The van der Waals surface area contributed by atoms with Crippen LogP contribution in [0.25, 0.3) is 0 Å². The lowest BCUT2D eigenvalue weighted by atomic mass is 9.94. The van der Waals surface area contributed by atoms with Gasteiger partial charge in [0.2, 0.25) is 0 Å². The van der Waals surface area contributed by atoms with Gasteiger partial charge in [0.25, 0.3) is 5.91 Å². The predicted molar refractivity (Wildman–Crippen MR) is 65.3 cm³/mol. The van der Waals surface area contributed by atoms with E-state index in [2.05, 4.69) is 0 Å². The fraction of sp³-hybridized carbons (Fsp3) is 0.500. The molecule has 0 aromatic heterocycles. The van der Waals surface area contributed by atoms with E-state index in [0.29, 0.717) is 0 Å². The summed E-state index contributed by atoms with van der Waals surface area (Å²) in [5.74, 6) is -1.73. The van der Waals surface area contributed by atoms with Gasteiger partial charge in [-0.15, -0.1) is 0 Å². The van der Waals surface area contributed by atoms with E-state index in [1.165, 1.54) is 6.42 Å². The Morgan fingerprint density at radius 2 is 1.67 bits per heavy atom. The third-order valence-electron chi connectivity index (χ3n) is 3.55. The minimum Gasteiger partial charge on any atom is -0.339 e. The standard InChI is InChI=1S/C14H17F2NO/c1-17(13-5-3-2-4-6-13)14(18)10-7-11(15)9-12(16)8-10/h7-9,13H,2-6H2,1H3. The smallest absolute Gasteiger partial charge is 0.254 e. The summed E-state index contributed by atoms with van der Waals surface area (Å²) >= 11 is 0. The Morgan fingerprint density at radius 1 is 1.11 bits per heavy atom. The minimum atomic E-state index is -0.713. The van der Waals surface area contributed by atoms with Gasteiger partial charge < -0.3 is 4.90 Å². The second-order valence-corrected chi connectivity index (χ2v) is 4.87. The molecule has 98 valence electrons. The van der Waals surface area contributed by atoms with Gasteiger partial charge in [0.15, 0.2) is 0 Å². The Balaban J connectivity index is 2.14. The summed E-state index contributed by atoms with van der Waals surface area (Å²) in [6, 6.07) is 3.14. The fourth-order valence-electron chi connectivity index (χ4n) is 2.52. The molecule has 1 amide bonds. The number of carbonyl (C=O) groups is 1. The first-order chi connectivity index (χ1) is 8.58. The quantitative estimate of drug-likeness (QED) is 0.791. The summed E-state index contributed by atoms with van der Waals surface area (Å²) in [6.45, 7) is 0. The van der Waals surface area contributed by atoms with E-state index in [4.69, 9.17) is 0 Å². The zero-order valence-corrected chi connectivity index (χ0v) is 10.5. The molecule has 4 heteroatoms. The molecule has 0 unspecified atom stereocenters. The average Bonchev–Trinajstić information content (AvgIpc) is 2.37. The van der Waals surface area contributed by atoms with Crippen LogP contribution < -0.4 is 0 Å². The Hall–Kier alpha value is -1.45. The van der Waals surface area contributed by atoms with E-state index in [-0.39, 0.29) is 17.5 Å². The van der Waals surface area contributed by atoms with E-state index in [9.17, 15) is 13.6 Å². The molecule has 2 nitrogen and oxygen atoms in total. The largest absolute Gasteiger partial charge is 0.339 e. The van der Waals surface area contributed by atoms with Crippen molar-refractivity contribution in [1.29, 1.82) is 0 Å². The molecule has 0 bridgehead atoms. The molecule has 0 saturated heterocycles. The SMILES string of the molecule is CN(C(=O)c1cc(F)cc(F)c1)C1CCCCC1. The van der Waals surface area contributed by atoms with Crippen LogP contribution in [0.4, 0.5) is 8.78 Å². The molecule has 1 aliphatic rings. The lowest BCUT2D eigenvalue weighted by molar-refractivity contribution is 0.0695. The lowest BCUT2D eigenvalue weighted by Crippen LogP contribution is -2.38. The summed E-state index contributed by atoms with van der Waals surface area (Å²) in [4.78, 5) is 13.8. The van der Waals surface area contributed by atoms with Crippen molar-refractivity contribution < 1.29 is 13.6 Å². The number of amides is 1. The van der Waals surface area contributed by atoms with Crippen LogP contribution in [0.1, 0.15) is 42.5 Å². The maximum atomic E-state index is 13.1. The Labute approximate surface area is 106 Å². The van der Waals surface area contributed by atoms with Crippen LogP contribution in [0.3, 0.4) is 0 Å². The van der Waals surface area contributed by atoms with Gasteiger partial charge in [0.1, 0.15) is 11.6 Å². The van der Waals surface area contributed by atoms with Gasteiger partial charge in [-0.2, -0.15) is 0 Å². The summed E-state index contributed by atoms with van der Waals surface area (Å²) in [6.07, 6.45) is 5.37. The van der Waals surface area contributed by atoms with Crippen molar-refractivity contribution in [2.75, 3.05) is 7.05 Å². The average molecular weight is 253 g/mol. The van der Waals surface area contributed by atoms with Crippen molar-refractivity contribution >= 4 is 5.91 Å². The highest BCUT2D eigenvalue weighted by Crippen LogP contribution is 2.23. The molecule has 0 N–H and O–H groups in total. The molecule has 2 rings (SSSR count). The molecule has 1 aliphatic carbocycles. The Morgan fingerprint density at radius 3 is 2.22 bits per heavy atom. The van der Waals surface area contributed by atoms with Crippen LogP contribution in [0, 0.1) is 11.6 Å². The van der Waals surface area contributed by atoms with Gasteiger partial charge >= 0.3 is 0 Å². The molecule has 1 fully saturated rings. The number of nitrogens with zero attached hydrogens (tertiary/aromatic N) is 1. The number of carbonyl (C=O) groups excluding carboxylic acids is 1. The number of hydrogen-bond acceptors (Lipinski definition) is 1. The fourth-order valence-corrected chi connectivity index (χ4v) is 2.52. The molecule has 0 heterocycles. The number of benzene rings is 1. The van der Waals surface area contributed by atoms with Crippen molar-refractivity contribution in [2.45, 2.75) is 38.1 Å². The van der Waals surface area contributed by atoms with Crippen molar-refractivity contribution in [1.82, 2.24) is 4.90 Å². The number of rotatable bonds is 2. The summed E-state index contributed by atoms with van der Waals surface area (Å²) < 4.78 is 26.2. The van der Waals surface area contributed by atoms with Crippen LogP contribution in [0.5, 0.6) is 0 Å². The molecular weight excluding hydrogens is 236 g/mol. The van der Waals surface area contributed by atoms with Crippen LogP contribution in [0.2, 0.25) is 0 Å². The Bertz CT molecular complexity index is 421. The van der Waals surface area contributed by atoms with Crippen LogP contribution in [-0.2, 0) is 0 Å². The molecular formula is C14H17F2NO. The molecule has 0 atom stereocenters. The second-order valence-electron chi connectivity index (χ2n) is 4.87. The molecule has 1 saturated carbocycles. The molecule has 0 spiro atoms. The first-order valence-electron chi connectivity index (χ1n) is 6.31. The van der Waals surface area contributed by atoms with E-state index in [1.54, 1.807) is 11.9 Å². The van der Waals surface area contributed by atoms with E-state index in [1.807, 2.05) is 0 Å². The molecule has 1 aromatic rings. The first-order valence-corrected chi connectivity index (χ1v) is 6.31. The van der Waals surface area contributed by atoms with E-state index < -0.39 is 11.6 Å². The number of halogens is 2. The van der Waals surface area contributed by atoms with Gasteiger partial charge in [-0.3, -0.25) is 4.79 Å². The first kappa shape index (κ1) is 13.0. The highest BCUT2D eigenvalue weighted by atomic mass is 19.1. The van der Waals surface area contributed by atoms with Crippen LogP contribution in [-0.4, -0.2) is 23.9 Å². The van der Waals surface area contributed by atoms with Gasteiger partial charge in [0, 0.05) is 24.7 Å². The van der Waals surface area contributed by atoms with Gasteiger partial charge in [-0.25, -0.2) is 8.78 Å². The van der Waals surface area contributed by atoms with Crippen molar-refractivity contribution in [3.05, 3.63) is 35.4 Å². The highest BCUT2D eigenvalue weighted by Gasteiger charge is 2.23. The van der Waals surface area contributed by atoms with Gasteiger partial charge in [-0.05, 0) is 25.0 Å². The predicted octanol–water partition coefficient (Wildman–Crippen LogP) is 3.37. The van der Waals surface area contributed by atoms with Crippen molar-refractivity contribution in [3.8, 4) is 0 Å².